The molecule has 0 aromatic heterocycles. The van der Waals surface area contributed by atoms with Gasteiger partial charge in [-0.05, 0) is 38.8 Å². The summed E-state index contributed by atoms with van der Waals surface area (Å²) in [6.07, 6.45) is 2.64. The van der Waals surface area contributed by atoms with E-state index < -0.39 is 0 Å². The molecule has 2 heterocycles. The van der Waals surface area contributed by atoms with Crippen LogP contribution in [-0.2, 0) is 4.74 Å². The van der Waals surface area contributed by atoms with Gasteiger partial charge in [0, 0.05) is 24.8 Å². The zero-order chi connectivity index (χ0) is 14.1. The number of anilines is 1. The van der Waals surface area contributed by atoms with Crippen molar-refractivity contribution in [3.8, 4) is 0 Å². The van der Waals surface area contributed by atoms with Crippen LogP contribution in [0.2, 0.25) is 0 Å². The minimum absolute atomic E-state index is 0.119. The second-order valence-electron chi connectivity index (χ2n) is 6.01. The Hall–Kier alpha value is -1.55. The van der Waals surface area contributed by atoms with E-state index in [-0.39, 0.29) is 18.1 Å². The number of hydrogen-bond acceptors (Lipinski definition) is 3. The van der Waals surface area contributed by atoms with E-state index in [1.54, 1.807) is 0 Å². The largest absolute Gasteiger partial charge is 0.382 e. The third-order valence-corrected chi connectivity index (χ3v) is 3.93. The SMILES string of the molecule is CC(C)Nc1ccccc1C(=O)N1CC2CCC(C1)O2. The molecule has 2 bridgehead atoms. The molecule has 108 valence electrons. The molecule has 0 spiro atoms. The quantitative estimate of drug-likeness (QED) is 0.921. The van der Waals surface area contributed by atoms with Crippen molar-refractivity contribution in [3.63, 3.8) is 0 Å². The molecule has 2 aliphatic heterocycles. The van der Waals surface area contributed by atoms with Crippen LogP contribution in [0.5, 0.6) is 0 Å². The first-order valence-corrected chi connectivity index (χ1v) is 7.44. The lowest BCUT2D eigenvalue weighted by Gasteiger charge is -2.32. The molecule has 4 heteroatoms. The number of nitrogens with zero attached hydrogens (tertiary/aromatic N) is 1. The van der Waals surface area contributed by atoms with Crippen LogP contribution in [0, 0.1) is 0 Å². The third kappa shape index (κ3) is 2.66. The minimum Gasteiger partial charge on any atom is -0.382 e. The number of rotatable bonds is 3. The molecule has 2 saturated heterocycles. The fourth-order valence-electron chi connectivity index (χ4n) is 3.06. The number of morpholine rings is 1. The first kappa shape index (κ1) is 13.4. The first-order chi connectivity index (χ1) is 9.63. The van der Waals surface area contributed by atoms with Crippen LogP contribution in [0.15, 0.2) is 24.3 Å². The van der Waals surface area contributed by atoms with Crippen LogP contribution in [-0.4, -0.2) is 42.1 Å². The van der Waals surface area contributed by atoms with Crippen LogP contribution < -0.4 is 5.32 Å². The standard InChI is InChI=1S/C16H22N2O2/c1-11(2)17-15-6-4-3-5-14(15)16(19)18-9-12-7-8-13(10-18)20-12/h3-6,11-13,17H,7-10H2,1-2H3. The maximum Gasteiger partial charge on any atom is 0.256 e. The number of ether oxygens (including phenoxy) is 1. The van der Waals surface area contributed by atoms with Gasteiger partial charge in [0.2, 0.25) is 0 Å². The van der Waals surface area contributed by atoms with E-state index in [0.29, 0.717) is 6.04 Å². The molecular formula is C16H22N2O2. The summed E-state index contributed by atoms with van der Waals surface area (Å²) in [4.78, 5) is 14.7. The highest BCUT2D eigenvalue weighted by Gasteiger charge is 2.36. The van der Waals surface area contributed by atoms with Crippen molar-refractivity contribution in [3.05, 3.63) is 29.8 Å². The average Bonchev–Trinajstić information content (AvgIpc) is 2.76. The van der Waals surface area contributed by atoms with E-state index in [4.69, 9.17) is 4.74 Å². The number of likely N-dealkylation sites (tertiary alicyclic amines) is 1. The Morgan fingerprint density at radius 3 is 2.55 bits per heavy atom. The first-order valence-electron chi connectivity index (χ1n) is 7.44. The van der Waals surface area contributed by atoms with Gasteiger partial charge in [0.1, 0.15) is 0 Å². The second kappa shape index (κ2) is 5.44. The average molecular weight is 274 g/mol. The molecule has 1 aromatic carbocycles. The van der Waals surface area contributed by atoms with Gasteiger partial charge in [0.25, 0.3) is 5.91 Å². The molecule has 1 aromatic rings. The Labute approximate surface area is 120 Å². The molecule has 2 aliphatic rings. The van der Waals surface area contributed by atoms with Gasteiger partial charge in [0.05, 0.1) is 17.8 Å². The van der Waals surface area contributed by atoms with Gasteiger partial charge in [-0.1, -0.05) is 12.1 Å². The Bertz CT molecular complexity index is 489. The second-order valence-corrected chi connectivity index (χ2v) is 6.01. The number of para-hydroxylation sites is 1. The van der Waals surface area contributed by atoms with Crippen LogP contribution in [0.25, 0.3) is 0 Å². The van der Waals surface area contributed by atoms with E-state index in [0.717, 1.165) is 37.2 Å². The van der Waals surface area contributed by atoms with E-state index in [1.807, 2.05) is 29.2 Å². The molecule has 4 nitrogen and oxygen atoms in total. The summed E-state index contributed by atoms with van der Waals surface area (Å²) in [6, 6.07) is 8.08. The number of amides is 1. The van der Waals surface area contributed by atoms with Gasteiger partial charge in [-0.15, -0.1) is 0 Å². The van der Waals surface area contributed by atoms with Crippen LogP contribution >= 0.6 is 0 Å². The number of fused-ring (bicyclic) bond motifs is 2. The lowest BCUT2D eigenvalue weighted by molar-refractivity contribution is -0.0303. The zero-order valence-electron chi connectivity index (χ0n) is 12.1. The summed E-state index contributed by atoms with van der Waals surface area (Å²) >= 11 is 0. The van der Waals surface area contributed by atoms with Crippen molar-refractivity contribution in [2.75, 3.05) is 18.4 Å². The van der Waals surface area contributed by atoms with Crippen molar-refractivity contribution in [2.24, 2.45) is 0 Å². The molecule has 20 heavy (non-hydrogen) atoms. The number of benzene rings is 1. The van der Waals surface area contributed by atoms with Gasteiger partial charge >= 0.3 is 0 Å². The van der Waals surface area contributed by atoms with Crippen molar-refractivity contribution >= 4 is 11.6 Å². The number of nitrogens with one attached hydrogen (secondary N) is 1. The monoisotopic (exact) mass is 274 g/mol. The van der Waals surface area contributed by atoms with Crippen molar-refractivity contribution in [1.82, 2.24) is 4.90 Å². The van der Waals surface area contributed by atoms with Gasteiger partial charge < -0.3 is 15.0 Å². The van der Waals surface area contributed by atoms with Crippen LogP contribution in [0.4, 0.5) is 5.69 Å². The molecule has 1 amide bonds. The fourth-order valence-corrected chi connectivity index (χ4v) is 3.06. The maximum absolute atomic E-state index is 12.8. The summed E-state index contributed by atoms with van der Waals surface area (Å²) in [6.45, 7) is 5.61. The predicted octanol–water partition coefficient (Wildman–Crippen LogP) is 2.51. The predicted molar refractivity (Wildman–Crippen MR) is 79.0 cm³/mol. The Balaban J connectivity index is 1.80. The van der Waals surface area contributed by atoms with E-state index in [9.17, 15) is 4.79 Å². The van der Waals surface area contributed by atoms with Crippen molar-refractivity contribution < 1.29 is 9.53 Å². The summed E-state index contributed by atoms with van der Waals surface area (Å²) in [5.41, 5.74) is 1.69. The number of carbonyl (C=O) groups is 1. The van der Waals surface area contributed by atoms with E-state index in [1.165, 1.54) is 0 Å². The molecule has 3 rings (SSSR count). The smallest absolute Gasteiger partial charge is 0.256 e. The summed E-state index contributed by atoms with van der Waals surface area (Å²) in [5.74, 6) is 0.119. The van der Waals surface area contributed by atoms with E-state index in [2.05, 4.69) is 19.2 Å². The van der Waals surface area contributed by atoms with Gasteiger partial charge in [-0.2, -0.15) is 0 Å². The van der Waals surface area contributed by atoms with Crippen molar-refractivity contribution in [2.45, 2.75) is 44.9 Å². The zero-order valence-corrected chi connectivity index (χ0v) is 12.1. The normalized spacial score (nSPS) is 25.1. The summed E-state index contributed by atoms with van der Waals surface area (Å²) in [5, 5.41) is 3.35. The molecule has 0 saturated carbocycles. The highest BCUT2D eigenvalue weighted by atomic mass is 16.5. The van der Waals surface area contributed by atoms with Crippen LogP contribution in [0.3, 0.4) is 0 Å². The minimum atomic E-state index is 0.119. The fraction of sp³-hybridized carbons (Fsp3) is 0.562. The molecule has 2 fully saturated rings. The van der Waals surface area contributed by atoms with Gasteiger partial charge in [-0.3, -0.25) is 4.79 Å². The lowest BCUT2D eigenvalue weighted by atomic mass is 10.1. The van der Waals surface area contributed by atoms with Gasteiger partial charge in [0.15, 0.2) is 0 Å². The molecule has 0 radical (unpaired) electrons. The third-order valence-electron chi connectivity index (χ3n) is 3.93. The molecule has 2 unspecified atom stereocenters. The van der Waals surface area contributed by atoms with Gasteiger partial charge in [-0.25, -0.2) is 0 Å². The van der Waals surface area contributed by atoms with Crippen molar-refractivity contribution in [1.29, 1.82) is 0 Å². The highest BCUT2D eigenvalue weighted by molar-refractivity contribution is 5.99. The van der Waals surface area contributed by atoms with E-state index >= 15 is 0 Å². The lowest BCUT2D eigenvalue weighted by Crippen LogP contribution is -2.46. The highest BCUT2D eigenvalue weighted by Crippen LogP contribution is 2.28. The Morgan fingerprint density at radius 1 is 1.25 bits per heavy atom. The summed E-state index contributed by atoms with van der Waals surface area (Å²) in [7, 11) is 0. The Kier molecular flexibility index (Phi) is 3.66. The topological polar surface area (TPSA) is 41.6 Å². The number of hydrogen-bond donors (Lipinski definition) is 1. The maximum atomic E-state index is 12.8. The molecule has 2 atom stereocenters. The molecule has 1 N–H and O–H groups in total. The molecule has 0 aliphatic carbocycles. The molecular weight excluding hydrogens is 252 g/mol. The summed E-state index contributed by atoms with van der Waals surface area (Å²) < 4.78 is 5.80. The van der Waals surface area contributed by atoms with Crippen LogP contribution in [0.1, 0.15) is 37.0 Å². The Morgan fingerprint density at radius 2 is 1.90 bits per heavy atom. The number of carbonyl (C=O) groups excluding carboxylic acids is 1.